The quantitative estimate of drug-likeness (QED) is 0.534. The van der Waals surface area contributed by atoms with Gasteiger partial charge in [-0.15, -0.1) is 10.2 Å². The molecule has 0 amide bonds. The SMILES string of the molecule is CC(=N)C(=C(C)N)c1ccc(-c2ccc(OC3CC(C)(C)NC(C)(C)C3)nn2)c(O)c1. The molecule has 0 aliphatic carbocycles. The number of nitrogens with two attached hydrogens (primary N) is 1. The van der Waals surface area contributed by atoms with Gasteiger partial charge in [-0.2, -0.15) is 0 Å². The number of phenols is 1. The van der Waals surface area contributed by atoms with Crippen LogP contribution in [0.1, 0.15) is 59.9 Å². The Morgan fingerprint density at radius 1 is 1.10 bits per heavy atom. The van der Waals surface area contributed by atoms with Crippen LogP contribution < -0.4 is 15.8 Å². The number of aromatic hydroxyl groups is 1. The normalized spacial score (nSPS) is 18.9. The Morgan fingerprint density at radius 2 is 1.74 bits per heavy atom. The highest BCUT2D eigenvalue weighted by atomic mass is 16.5. The predicted molar refractivity (Wildman–Crippen MR) is 124 cm³/mol. The van der Waals surface area contributed by atoms with Gasteiger partial charge in [0, 0.05) is 52.5 Å². The number of rotatable bonds is 5. The van der Waals surface area contributed by atoms with Crippen LogP contribution in [0.25, 0.3) is 16.8 Å². The van der Waals surface area contributed by atoms with Crippen molar-refractivity contribution in [1.29, 1.82) is 5.41 Å². The minimum absolute atomic E-state index is 0.0165. The van der Waals surface area contributed by atoms with E-state index in [9.17, 15) is 5.11 Å². The summed E-state index contributed by atoms with van der Waals surface area (Å²) in [6.45, 7) is 12.1. The molecule has 0 bridgehead atoms. The van der Waals surface area contributed by atoms with Crippen molar-refractivity contribution in [3.8, 4) is 22.9 Å². The third-order valence-corrected chi connectivity index (χ3v) is 5.41. The molecule has 2 aromatic rings. The average molecular weight is 424 g/mol. The smallest absolute Gasteiger partial charge is 0.233 e. The highest BCUT2D eigenvalue weighted by Gasteiger charge is 2.38. The van der Waals surface area contributed by atoms with Crippen LogP contribution in [-0.4, -0.2) is 38.2 Å². The van der Waals surface area contributed by atoms with Crippen LogP contribution in [0.5, 0.6) is 11.6 Å². The summed E-state index contributed by atoms with van der Waals surface area (Å²) in [5.74, 6) is 0.532. The standard InChI is InChI=1S/C24H33N5O2/c1-14(25)22(15(2)26)16-7-8-18(20(30)11-16)19-9-10-21(28-27-19)31-17-12-23(3,4)29-24(5,6)13-17/h7-11,17,25,29-30H,12-13,26H2,1-6H3. The molecule has 1 aromatic carbocycles. The van der Waals surface area contributed by atoms with Crippen molar-refractivity contribution < 1.29 is 9.84 Å². The molecule has 1 saturated heterocycles. The van der Waals surface area contributed by atoms with Gasteiger partial charge in [0.2, 0.25) is 5.88 Å². The largest absolute Gasteiger partial charge is 0.507 e. The molecule has 7 nitrogen and oxygen atoms in total. The fourth-order valence-corrected chi connectivity index (χ4v) is 4.65. The van der Waals surface area contributed by atoms with E-state index in [1.54, 1.807) is 38.1 Å². The molecule has 1 aromatic heterocycles. The molecule has 1 fully saturated rings. The first-order valence-corrected chi connectivity index (χ1v) is 10.5. The van der Waals surface area contributed by atoms with Gasteiger partial charge in [0.25, 0.3) is 0 Å². The molecule has 7 heteroatoms. The minimum atomic E-state index is -0.0165. The van der Waals surface area contributed by atoms with Crippen LogP contribution in [0.3, 0.4) is 0 Å². The van der Waals surface area contributed by atoms with Gasteiger partial charge >= 0.3 is 0 Å². The minimum Gasteiger partial charge on any atom is -0.507 e. The summed E-state index contributed by atoms with van der Waals surface area (Å²) in [4.78, 5) is 0. The number of hydrogen-bond acceptors (Lipinski definition) is 7. The maximum atomic E-state index is 10.6. The number of nitrogens with zero attached hydrogens (tertiary/aromatic N) is 2. The van der Waals surface area contributed by atoms with Crippen LogP contribution in [0.2, 0.25) is 0 Å². The summed E-state index contributed by atoms with van der Waals surface area (Å²) in [5.41, 5.74) is 9.17. The van der Waals surface area contributed by atoms with Crippen molar-refractivity contribution in [1.82, 2.24) is 15.5 Å². The zero-order valence-corrected chi connectivity index (χ0v) is 19.2. The summed E-state index contributed by atoms with van der Waals surface area (Å²) in [6, 6.07) is 8.77. The Kier molecular flexibility index (Phi) is 6.09. The first-order chi connectivity index (χ1) is 14.4. The maximum Gasteiger partial charge on any atom is 0.233 e. The van der Waals surface area contributed by atoms with Crippen molar-refractivity contribution in [3.05, 3.63) is 41.6 Å². The van der Waals surface area contributed by atoms with Crippen molar-refractivity contribution in [2.45, 2.75) is 71.6 Å². The van der Waals surface area contributed by atoms with Gasteiger partial charge < -0.3 is 26.3 Å². The monoisotopic (exact) mass is 423 g/mol. The molecule has 1 aliphatic rings. The number of ether oxygens (including phenoxy) is 1. The van der Waals surface area contributed by atoms with Crippen LogP contribution in [0.4, 0.5) is 0 Å². The third kappa shape index (κ3) is 5.41. The second kappa shape index (κ2) is 8.30. The van der Waals surface area contributed by atoms with Crippen LogP contribution in [-0.2, 0) is 0 Å². The second-order valence-corrected chi connectivity index (χ2v) is 9.71. The average Bonchev–Trinajstić information content (AvgIpc) is 2.59. The molecule has 166 valence electrons. The molecular formula is C24H33N5O2. The molecule has 0 spiro atoms. The van der Waals surface area contributed by atoms with Crippen molar-refractivity contribution in [2.24, 2.45) is 5.73 Å². The summed E-state index contributed by atoms with van der Waals surface area (Å²) in [5, 5.41) is 30.6. The van der Waals surface area contributed by atoms with E-state index in [0.717, 1.165) is 12.8 Å². The molecule has 0 atom stereocenters. The van der Waals surface area contributed by atoms with E-state index in [0.29, 0.717) is 39.7 Å². The van der Waals surface area contributed by atoms with E-state index in [1.807, 2.05) is 6.07 Å². The first-order valence-electron chi connectivity index (χ1n) is 10.5. The highest BCUT2D eigenvalue weighted by Crippen LogP contribution is 2.33. The topological polar surface area (TPSA) is 117 Å². The van der Waals surface area contributed by atoms with E-state index < -0.39 is 0 Å². The fourth-order valence-electron chi connectivity index (χ4n) is 4.65. The van der Waals surface area contributed by atoms with Gasteiger partial charge in [-0.25, -0.2) is 0 Å². The zero-order valence-electron chi connectivity index (χ0n) is 19.2. The Morgan fingerprint density at radius 3 is 2.23 bits per heavy atom. The fraction of sp³-hybridized carbons (Fsp3) is 0.458. The Hall–Kier alpha value is -2.93. The zero-order chi connectivity index (χ0) is 23.0. The molecule has 0 unspecified atom stereocenters. The Balaban J connectivity index is 1.79. The number of hydrogen-bond donors (Lipinski definition) is 4. The van der Waals surface area contributed by atoms with E-state index in [2.05, 4.69) is 43.2 Å². The number of benzene rings is 1. The van der Waals surface area contributed by atoms with E-state index in [-0.39, 0.29) is 22.9 Å². The third-order valence-electron chi connectivity index (χ3n) is 5.41. The molecule has 0 radical (unpaired) electrons. The van der Waals surface area contributed by atoms with Crippen LogP contribution >= 0.6 is 0 Å². The first kappa shape index (κ1) is 22.7. The van der Waals surface area contributed by atoms with Crippen molar-refractivity contribution in [2.75, 3.05) is 0 Å². The lowest BCUT2D eigenvalue weighted by Crippen LogP contribution is -2.60. The molecule has 31 heavy (non-hydrogen) atoms. The van der Waals surface area contributed by atoms with Gasteiger partial charge in [0.15, 0.2) is 0 Å². The van der Waals surface area contributed by atoms with E-state index in [1.165, 1.54) is 0 Å². The van der Waals surface area contributed by atoms with Gasteiger partial charge in [0.05, 0.1) is 5.69 Å². The molecule has 3 rings (SSSR count). The molecule has 5 N–H and O–H groups in total. The number of allylic oxidation sites excluding steroid dienone is 2. The molecule has 0 saturated carbocycles. The molecule has 1 aliphatic heterocycles. The highest BCUT2D eigenvalue weighted by molar-refractivity contribution is 6.22. The lowest BCUT2D eigenvalue weighted by molar-refractivity contribution is 0.0524. The summed E-state index contributed by atoms with van der Waals surface area (Å²) < 4.78 is 6.13. The van der Waals surface area contributed by atoms with Gasteiger partial charge in [0.1, 0.15) is 11.9 Å². The number of phenolic OH excluding ortho intramolecular Hbond substituents is 1. The second-order valence-electron chi connectivity index (χ2n) is 9.71. The van der Waals surface area contributed by atoms with Crippen molar-refractivity contribution >= 4 is 11.3 Å². The molecular weight excluding hydrogens is 390 g/mol. The van der Waals surface area contributed by atoms with Crippen LogP contribution in [0, 0.1) is 5.41 Å². The van der Waals surface area contributed by atoms with Gasteiger partial charge in [-0.1, -0.05) is 6.07 Å². The van der Waals surface area contributed by atoms with Crippen LogP contribution in [0.15, 0.2) is 36.0 Å². The van der Waals surface area contributed by atoms with Gasteiger partial charge in [-0.05, 0) is 65.3 Å². The summed E-state index contributed by atoms with van der Waals surface area (Å²) >= 11 is 0. The number of nitrogens with one attached hydrogen (secondary N) is 2. The maximum absolute atomic E-state index is 10.6. The Bertz CT molecular complexity index is 989. The number of piperidine rings is 1. The van der Waals surface area contributed by atoms with Crippen molar-refractivity contribution in [3.63, 3.8) is 0 Å². The predicted octanol–water partition coefficient (Wildman–Crippen LogP) is 4.27. The summed E-state index contributed by atoms with van der Waals surface area (Å²) in [7, 11) is 0. The van der Waals surface area contributed by atoms with E-state index in [4.69, 9.17) is 15.9 Å². The Labute approximate surface area is 184 Å². The lowest BCUT2D eigenvalue weighted by atomic mass is 9.81. The summed E-state index contributed by atoms with van der Waals surface area (Å²) in [6.07, 6.45) is 1.81. The molecule has 2 heterocycles. The van der Waals surface area contributed by atoms with E-state index >= 15 is 0 Å². The van der Waals surface area contributed by atoms with Gasteiger partial charge in [-0.3, -0.25) is 0 Å². The lowest BCUT2D eigenvalue weighted by Gasteiger charge is -2.46. The number of aromatic nitrogens is 2.